The number of benzene rings is 2. The van der Waals surface area contributed by atoms with Gasteiger partial charge in [-0.05, 0) is 55.0 Å². The minimum atomic E-state index is -4.82. The number of ether oxygens (including phenoxy) is 1. The highest BCUT2D eigenvalue weighted by Gasteiger charge is 2.36. The topological polar surface area (TPSA) is 63.7 Å². The zero-order valence-electron chi connectivity index (χ0n) is 14.3. The van der Waals surface area contributed by atoms with Gasteiger partial charge in [-0.2, -0.15) is 0 Å². The van der Waals surface area contributed by atoms with Gasteiger partial charge in [-0.25, -0.2) is 8.42 Å². The second kappa shape index (κ2) is 7.63. The molecule has 1 fully saturated rings. The average molecular weight is 434 g/mol. The van der Waals surface area contributed by atoms with Crippen LogP contribution in [0.2, 0.25) is 5.02 Å². The molecule has 0 radical (unpaired) electrons. The van der Waals surface area contributed by atoms with Crippen molar-refractivity contribution < 1.29 is 31.1 Å². The minimum absolute atomic E-state index is 0.00456. The van der Waals surface area contributed by atoms with Crippen molar-refractivity contribution in [3.8, 4) is 5.75 Å². The first kappa shape index (κ1) is 20.5. The van der Waals surface area contributed by atoms with E-state index in [0.717, 1.165) is 12.1 Å². The quantitative estimate of drug-likeness (QED) is 0.733. The van der Waals surface area contributed by atoms with E-state index < -0.39 is 33.1 Å². The van der Waals surface area contributed by atoms with Gasteiger partial charge in [0.15, 0.2) is 9.84 Å². The first-order valence-corrected chi connectivity index (χ1v) is 10.1. The number of carbonyl (C=O) groups is 1. The summed E-state index contributed by atoms with van der Waals surface area (Å²) in [6.07, 6.45) is -4.55. The highest BCUT2D eigenvalue weighted by atomic mass is 35.5. The van der Waals surface area contributed by atoms with Crippen molar-refractivity contribution in [2.45, 2.75) is 22.9 Å². The zero-order chi connectivity index (χ0) is 20.5. The molecule has 28 heavy (non-hydrogen) atoms. The van der Waals surface area contributed by atoms with Gasteiger partial charge in [-0.3, -0.25) is 4.79 Å². The largest absolute Gasteiger partial charge is 0.573 e. The van der Waals surface area contributed by atoms with E-state index in [9.17, 15) is 26.4 Å². The number of carbonyl (C=O) groups excluding carboxylic acids is 1. The van der Waals surface area contributed by atoms with E-state index in [1.54, 1.807) is 0 Å². The van der Waals surface area contributed by atoms with Crippen LogP contribution >= 0.6 is 11.6 Å². The maximum atomic E-state index is 12.7. The van der Waals surface area contributed by atoms with Gasteiger partial charge in [-0.1, -0.05) is 11.6 Å². The highest BCUT2D eigenvalue weighted by molar-refractivity contribution is 7.92. The molecule has 1 amide bonds. The van der Waals surface area contributed by atoms with Crippen LogP contribution in [0.3, 0.4) is 0 Å². The number of sulfone groups is 1. The van der Waals surface area contributed by atoms with Crippen molar-refractivity contribution in [2.24, 2.45) is 0 Å². The van der Waals surface area contributed by atoms with Crippen LogP contribution < -0.4 is 4.74 Å². The first-order chi connectivity index (χ1) is 13.1. The van der Waals surface area contributed by atoms with Crippen molar-refractivity contribution in [1.82, 2.24) is 4.90 Å². The van der Waals surface area contributed by atoms with E-state index in [1.807, 2.05) is 0 Å². The van der Waals surface area contributed by atoms with Gasteiger partial charge in [0.1, 0.15) is 5.75 Å². The SMILES string of the molecule is O=C(c1ccc(OC(F)(F)F)cc1)N1CC[C@H](S(=O)(=O)c2ccc(Cl)cc2)C1. The van der Waals surface area contributed by atoms with Gasteiger partial charge < -0.3 is 9.64 Å². The lowest BCUT2D eigenvalue weighted by atomic mass is 10.2. The molecule has 0 saturated carbocycles. The Morgan fingerprint density at radius 2 is 1.68 bits per heavy atom. The molecular weight excluding hydrogens is 419 g/mol. The molecule has 0 N–H and O–H groups in total. The standard InChI is InChI=1S/C18H15ClF3NO4S/c19-13-3-7-15(8-4-13)28(25,26)16-9-10-23(11-16)17(24)12-1-5-14(6-2-12)27-18(20,21)22/h1-8,16H,9-11H2/t16-/m0/s1. The Labute approximate surface area is 164 Å². The predicted octanol–water partition coefficient (Wildman–Crippen LogP) is 3.93. The third-order valence-corrected chi connectivity index (χ3v) is 6.79. The molecule has 5 nitrogen and oxygen atoms in total. The van der Waals surface area contributed by atoms with Gasteiger partial charge >= 0.3 is 6.36 Å². The van der Waals surface area contributed by atoms with Gasteiger partial charge in [0, 0.05) is 23.7 Å². The molecule has 150 valence electrons. The van der Waals surface area contributed by atoms with Crippen molar-refractivity contribution in [1.29, 1.82) is 0 Å². The molecule has 1 aliphatic heterocycles. The predicted molar refractivity (Wildman–Crippen MR) is 96.1 cm³/mol. The maximum absolute atomic E-state index is 12.7. The normalized spacial score (nSPS) is 17.6. The number of hydrogen-bond donors (Lipinski definition) is 0. The van der Waals surface area contributed by atoms with E-state index >= 15 is 0 Å². The van der Waals surface area contributed by atoms with Crippen molar-refractivity contribution >= 4 is 27.3 Å². The molecule has 1 saturated heterocycles. The number of likely N-dealkylation sites (tertiary alicyclic amines) is 1. The Morgan fingerprint density at radius 1 is 1.07 bits per heavy atom. The minimum Gasteiger partial charge on any atom is -0.406 e. The van der Waals surface area contributed by atoms with Crippen molar-refractivity contribution in [3.05, 3.63) is 59.1 Å². The first-order valence-electron chi connectivity index (χ1n) is 8.21. The lowest BCUT2D eigenvalue weighted by molar-refractivity contribution is -0.274. The van der Waals surface area contributed by atoms with Crippen molar-refractivity contribution in [2.75, 3.05) is 13.1 Å². The third-order valence-electron chi connectivity index (χ3n) is 4.35. The summed E-state index contributed by atoms with van der Waals surface area (Å²) in [4.78, 5) is 14.1. The second-order valence-electron chi connectivity index (χ2n) is 6.23. The fourth-order valence-electron chi connectivity index (χ4n) is 2.96. The number of hydrogen-bond acceptors (Lipinski definition) is 4. The van der Waals surface area contributed by atoms with Crippen LogP contribution in [0.15, 0.2) is 53.4 Å². The fraction of sp³-hybridized carbons (Fsp3) is 0.278. The Morgan fingerprint density at radius 3 is 2.25 bits per heavy atom. The van der Waals surface area contributed by atoms with Crippen LogP contribution in [0.5, 0.6) is 5.75 Å². The third kappa shape index (κ3) is 4.59. The monoisotopic (exact) mass is 433 g/mol. The average Bonchev–Trinajstić information content (AvgIpc) is 3.12. The molecule has 0 unspecified atom stereocenters. The Hall–Kier alpha value is -2.26. The molecule has 1 aliphatic rings. The summed E-state index contributed by atoms with van der Waals surface area (Å²) >= 11 is 5.78. The summed E-state index contributed by atoms with van der Waals surface area (Å²) in [6, 6.07) is 10.3. The molecule has 1 atom stereocenters. The molecule has 1 heterocycles. The number of amides is 1. The molecule has 2 aromatic carbocycles. The number of rotatable bonds is 4. The summed E-state index contributed by atoms with van der Waals surface area (Å²) in [5.74, 6) is -0.888. The molecular formula is C18H15ClF3NO4S. The summed E-state index contributed by atoms with van der Waals surface area (Å²) in [7, 11) is -3.63. The molecule has 3 rings (SSSR count). The van der Waals surface area contributed by atoms with Crippen LogP contribution in [-0.4, -0.2) is 43.9 Å². The van der Waals surface area contributed by atoms with Crippen LogP contribution in [-0.2, 0) is 9.84 Å². The number of halogens is 4. The lowest BCUT2D eigenvalue weighted by Gasteiger charge is -2.17. The van der Waals surface area contributed by atoms with Crippen LogP contribution in [0.1, 0.15) is 16.8 Å². The van der Waals surface area contributed by atoms with Crippen LogP contribution in [0.25, 0.3) is 0 Å². The van der Waals surface area contributed by atoms with E-state index in [0.29, 0.717) is 5.02 Å². The Bertz CT molecular complexity index is 960. The summed E-state index contributed by atoms with van der Waals surface area (Å²) in [6.45, 7) is 0.238. The molecule has 10 heteroatoms. The Kier molecular flexibility index (Phi) is 5.58. The smallest absolute Gasteiger partial charge is 0.406 e. The molecule has 0 aromatic heterocycles. The van der Waals surface area contributed by atoms with Crippen molar-refractivity contribution in [3.63, 3.8) is 0 Å². The van der Waals surface area contributed by atoms with Crippen LogP contribution in [0.4, 0.5) is 13.2 Å². The maximum Gasteiger partial charge on any atom is 0.573 e. The molecule has 2 aromatic rings. The summed E-state index contributed by atoms with van der Waals surface area (Å²) < 4.78 is 65.8. The number of nitrogens with zero attached hydrogens (tertiary/aromatic N) is 1. The second-order valence-corrected chi connectivity index (χ2v) is 8.90. The summed E-state index contributed by atoms with van der Waals surface area (Å²) in [5.41, 5.74) is 0.152. The fourth-order valence-corrected chi connectivity index (χ4v) is 4.78. The Balaban J connectivity index is 1.69. The molecule has 0 spiro atoms. The van der Waals surface area contributed by atoms with Gasteiger partial charge in [0.25, 0.3) is 5.91 Å². The van der Waals surface area contributed by atoms with Gasteiger partial charge in [0.05, 0.1) is 10.1 Å². The molecule has 0 aliphatic carbocycles. The van der Waals surface area contributed by atoms with Crippen LogP contribution in [0, 0.1) is 0 Å². The summed E-state index contributed by atoms with van der Waals surface area (Å²) in [5, 5.41) is -0.342. The zero-order valence-corrected chi connectivity index (χ0v) is 15.9. The van der Waals surface area contributed by atoms with Gasteiger partial charge in [0.2, 0.25) is 0 Å². The van der Waals surface area contributed by atoms with E-state index in [-0.39, 0.29) is 30.0 Å². The van der Waals surface area contributed by atoms with E-state index in [4.69, 9.17) is 11.6 Å². The lowest BCUT2D eigenvalue weighted by Crippen LogP contribution is -2.32. The van der Waals surface area contributed by atoms with Gasteiger partial charge in [-0.15, -0.1) is 13.2 Å². The van der Waals surface area contributed by atoms with E-state index in [1.165, 1.54) is 41.3 Å². The number of alkyl halides is 3. The van der Waals surface area contributed by atoms with E-state index in [2.05, 4.69) is 4.74 Å². The molecule has 0 bridgehead atoms. The highest BCUT2D eigenvalue weighted by Crippen LogP contribution is 2.27.